The highest BCUT2D eigenvalue weighted by molar-refractivity contribution is 5.75. The third kappa shape index (κ3) is 7.48. The molecule has 1 aliphatic heterocycles. The van der Waals surface area contributed by atoms with Gasteiger partial charge in [-0.05, 0) is 45.6 Å². The van der Waals surface area contributed by atoms with Gasteiger partial charge >= 0.3 is 5.97 Å². The first kappa shape index (κ1) is 17.0. The number of nitrogens with one attached hydrogen (secondary N) is 1. The van der Waals surface area contributed by atoms with E-state index in [2.05, 4.69) is 17.1 Å². The second-order valence-corrected chi connectivity index (χ2v) is 5.69. The van der Waals surface area contributed by atoms with E-state index in [9.17, 15) is 9.59 Å². The maximum Gasteiger partial charge on any atom is 0.303 e. The molecule has 5 nitrogen and oxygen atoms in total. The van der Waals surface area contributed by atoms with Gasteiger partial charge in [0, 0.05) is 32.0 Å². The lowest BCUT2D eigenvalue weighted by atomic mass is 10.0. The minimum atomic E-state index is -0.791. The Morgan fingerprint density at radius 3 is 2.65 bits per heavy atom. The number of carbonyl (C=O) groups excluding carboxylic acids is 1. The number of carboxylic acids is 1. The molecule has 1 heterocycles. The molecule has 1 unspecified atom stereocenters. The highest BCUT2D eigenvalue weighted by Gasteiger charge is 2.17. The number of hydrogen-bond acceptors (Lipinski definition) is 3. The number of likely N-dealkylation sites (tertiary alicyclic amines) is 1. The van der Waals surface area contributed by atoms with Gasteiger partial charge in [0.15, 0.2) is 0 Å². The van der Waals surface area contributed by atoms with E-state index >= 15 is 0 Å². The van der Waals surface area contributed by atoms with E-state index in [0.717, 1.165) is 19.5 Å². The Balaban J connectivity index is 1.97. The van der Waals surface area contributed by atoms with Crippen LogP contribution in [0.4, 0.5) is 0 Å². The van der Waals surface area contributed by atoms with Crippen LogP contribution in [0.25, 0.3) is 0 Å². The first-order chi connectivity index (χ1) is 9.59. The SMILES string of the molecule is CC1CCCCN1CCCNC(=O)CCCCC(=O)O. The summed E-state index contributed by atoms with van der Waals surface area (Å²) in [4.78, 5) is 24.4. The van der Waals surface area contributed by atoms with Crippen LogP contribution in [0.5, 0.6) is 0 Å². The lowest BCUT2D eigenvalue weighted by Crippen LogP contribution is -2.39. The lowest BCUT2D eigenvalue weighted by Gasteiger charge is -2.33. The van der Waals surface area contributed by atoms with Crippen LogP contribution >= 0.6 is 0 Å². The number of nitrogens with zero attached hydrogens (tertiary/aromatic N) is 1. The van der Waals surface area contributed by atoms with Crippen LogP contribution in [0.2, 0.25) is 0 Å². The minimum Gasteiger partial charge on any atom is -0.481 e. The molecule has 0 radical (unpaired) electrons. The fraction of sp³-hybridized carbons (Fsp3) is 0.867. The topological polar surface area (TPSA) is 69.6 Å². The fourth-order valence-corrected chi connectivity index (χ4v) is 2.65. The van der Waals surface area contributed by atoms with Gasteiger partial charge < -0.3 is 15.3 Å². The molecule has 116 valence electrons. The zero-order chi connectivity index (χ0) is 14.8. The zero-order valence-corrected chi connectivity index (χ0v) is 12.6. The van der Waals surface area contributed by atoms with Crippen molar-refractivity contribution in [3.05, 3.63) is 0 Å². The second-order valence-electron chi connectivity index (χ2n) is 5.69. The Labute approximate surface area is 121 Å². The molecule has 1 atom stereocenters. The average Bonchev–Trinajstić information content (AvgIpc) is 2.41. The van der Waals surface area contributed by atoms with Gasteiger partial charge in [-0.3, -0.25) is 9.59 Å². The van der Waals surface area contributed by atoms with E-state index in [1.807, 2.05) is 0 Å². The van der Waals surface area contributed by atoms with Crippen LogP contribution in [0, 0.1) is 0 Å². The van der Waals surface area contributed by atoms with Crippen molar-refractivity contribution in [2.45, 2.75) is 64.3 Å². The van der Waals surface area contributed by atoms with Crippen molar-refractivity contribution in [2.75, 3.05) is 19.6 Å². The van der Waals surface area contributed by atoms with Gasteiger partial charge in [0.2, 0.25) is 5.91 Å². The summed E-state index contributed by atoms with van der Waals surface area (Å²) in [7, 11) is 0. The number of amides is 1. The molecule has 1 rings (SSSR count). The standard InChI is InChI=1S/C15H28N2O3/c1-13-7-4-5-11-17(13)12-6-10-16-14(18)8-2-3-9-15(19)20/h13H,2-12H2,1H3,(H,16,18)(H,19,20). The largest absolute Gasteiger partial charge is 0.481 e. The molecule has 0 aromatic carbocycles. The van der Waals surface area contributed by atoms with E-state index in [1.54, 1.807) is 0 Å². The van der Waals surface area contributed by atoms with E-state index < -0.39 is 5.97 Å². The van der Waals surface area contributed by atoms with Gasteiger partial charge in [0.1, 0.15) is 0 Å². The van der Waals surface area contributed by atoms with Gasteiger partial charge in [-0.15, -0.1) is 0 Å². The third-order valence-corrected chi connectivity index (χ3v) is 3.93. The molecule has 2 N–H and O–H groups in total. The van der Waals surface area contributed by atoms with Gasteiger partial charge in [0.05, 0.1) is 0 Å². The molecule has 5 heteroatoms. The zero-order valence-electron chi connectivity index (χ0n) is 12.6. The van der Waals surface area contributed by atoms with Crippen LogP contribution in [0.1, 0.15) is 58.3 Å². The molecule has 0 spiro atoms. The molecule has 0 aliphatic carbocycles. The Morgan fingerprint density at radius 2 is 1.95 bits per heavy atom. The van der Waals surface area contributed by atoms with Crippen molar-refractivity contribution in [2.24, 2.45) is 0 Å². The Kier molecular flexibility index (Phi) is 8.26. The predicted octanol–water partition coefficient (Wildman–Crippen LogP) is 2.01. The molecule has 0 aromatic heterocycles. The molecule has 1 aliphatic rings. The van der Waals surface area contributed by atoms with Crippen LogP contribution < -0.4 is 5.32 Å². The van der Waals surface area contributed by atoms with Crippen LogP contribution in [-0.4, -0.2) is 47.6 Å². The van der Waals surface area contributed by atoms with E-state index in [-0.39, 0.29) is 12.3 Å². The normalized spacial score (nSPS) is 19.8. The number of piperidine rings is 1. The van der Waals surface area contributed by atoms with Gasteiger partial charge in [-0.25, -0.2) is 0 Å². The van der Waals surface area contributed by atoms with Crippen LogP contribution in [0.15, 0.2) is 0 Å². The molecular weight excluding hydrogens is 256 g/mol. The smallest absolute Gasteiger partial charge is 0.303 e. The van der Waals surface area contributed by atoms with Crippen molar-refractivity contribution in [3.8, 4) is 0 Å². The first-order valence-electron chi connectivity index (χ1n) is 7.82. The van der Waals surface area contributed by atoms with Crippen molar-refractivity contribution in [3.63, 3.8) is 0 Å². The first-order valence-corrected chi connectivity index (χ1v) is 7.82. The van der Waals surface area contributed by atoms with Crippen molar-refractivity contribution >= 4 is 11.9 Å². The summed E-state index contributed by atoms with van der Waals surface area (Å²) in [5, 5.41) is 11.4. The molecule has 1 saturated heterocycles. The monoisotopic (exact) mass is 284 g/mol. The van der Waals surface area contributed by atoms with Gasteiger partial charge in [-0.1, -0.05) is 6.42 Å². The third-order valence-electron chi connectivity index (χ3n) is 3.93. The highest BCUT2D eigenvalue weighted by atomic mass is 16.4. The fourth-order valence-electron chi connectivity index (χ4n) is 2.65. The molecular formula is C15H28N2O3. The Bertz CT molecular complexity index is 307. The second kappa shape index (κ2) is 9.75. The molecule has 1 fully saturated rings. The van der Waals surface area contributed by atoms with E-state index in [4.69, 9.17) is 5.11 Å². The van der Waals surface area contributed by atoms with Crippen molar-refractivity contribution in [1.29, 1.82) is 0 Å². The molecule has 0 saturated carbocycles. The lowest BCUT2D eigenvalue weighted by molar-refractivity contribution is -0.137. The molecule has 1 amide bonds. The van der Waals surface area contributed by atoms with Crippen LogP contribution in [0.3, 0.4) is 0 Å². The average molecular weight is 284 g/mol. The number of hydrogen-bond donors (Lipinski definition) is 2. The quantitative estimate of drug-likeness (QED) is 0.635. The predicted molar refractivity (Wildman–Crippen MR) is 78.6 cm³/mol. The summed E-state index contributed by atoms with van der Waals surface area (Å²) in [5.74, 6) is -0.747. The maximum absolute atomic E-state index is 11.5. The number of rotatable bonds is 9. The van der Waals surface area contributed by atoms with E-state index in [0.29, 0.717) is 25.3 Å². The molecule has 0 aromatic rings. The van der Waals surface area contributed by atoms with E-state index in [1.165, 1.54) is 25.8 Å². The summed E-state index contributed by atoms with van der Waals surface area (Å²) < 4.78 is 0. The number of aliphatic carboxylic acids is 1. The van der Waals surface area contributed by atoms with Crippen LogP contribution in [-0.2, 0) is 9.59 Å². The number of unbranched alkanes of at least 4 members (excludes halogenated alkanes) is 1. The minimum absolute atomic E-state index is 0.0436. The Hall–Kier alpha value is -1.10. The summed E-state index contributed by atoms with van der Waals surface area (Å²) >= 11 is 0. The Morgan fingerprint density at radius 1 is 1.20 bits per heavy atom. The summed E-state index contributed by atoms with van der Waals surface area (Å²) in [6.45, 7) is 5.24. The summed E-state index contributed by atoms with van der Waals surface area (Å²) in [6.07, 6.45) is 6.73. The number of carboxylic acid groups (broad SMARTS) is 1. The van der Waals surface area contributed by atoms with Crippen molar-refractivity contribution in [1.82, 2.24) is 10.2 Å². The van der Waals surface area contributed by atoms with Crippen molar-refractivity contribution < 1.29 is 14.7 Å². The van der Waals surface area contributed by atoms with Gasteiger partial charge in [0.25, 0.3) is 0 Å². The summed E-state index contributed by atoms with van der Waals surface area (Å²) in [5.41, 5.74) is 0. The molecule has 20 heavy (non-hydrogen) atoms. The maximum atomic E-state index is 11.5. The summed E-state index contributed by atoms with van der Waals surface area (Å²) in [6, 6.07) is 0.676. The van der Waals surface area contributed by atoms with Gasteiger partial charge in [-0.2, -0.15) is 0 Å². The number of carbonyl (C=O) groups is 2. The molecule has 0 bridgehead atoms. The highest BCUT2D eigenvalue weighted by Crippen LogP contribution is 2.16.